The number of carbonyl (C=O) groups is 2. The van der Waals surface area contributed by atoms with Crippen LogP contribution in [0.15, 0.2) is 0 Å². The highest BCUT2D eigenvalue weighted by Gasteiger charge is 2.39. The molecule has 0 aromatic carbocycles. The van der Waals surface area contributed by atoms with Crippen LogP contribution in [0.5, 0.6) is 0 Å². The highest BCUT2D eigenvalue weighted by molar-refractivity contribution is 5.66. The van der Waals surface area contributed by atoms with Gasteiger partial charge in [0.25, 0.3) is 0 Å². The predicted molar refractivity (Wildman–Crippen MR) is 53.7 cm³/mol. The number of aliphatic hydroxyl groups excluding tert-OH is 2. The van der Waals surface area contributed by atoms with E-state index in [0.717, 1.165) is 0 Å². The van der Waals surface area contributed by atoms with Gasteiger partial charge in [0.15, 0.2) is 6.29 Å². The topological polar surface area (TPSA) is 102 Å². The minimum atomic E-state index is -1.16. The van der Waals surface area contributed by atoms with Gasteiger partial charge in [0, 0.05) is 20.3 Å². The molecule has 0 aliphatic carbocycles. The summed E-state index contributed by atoms with van der Waals surface area (Å²) in [5.74, 6) is -1.08. The summed E-state index contributed by atoms with van der Waals surface area (Å²) in [7, 11) is 0. The molecule has 4 atom stereocenters. The number of ether oxygens (including phenoxy) is 3. The lowest BCUT2D eigenvalue weighted by atomic mass is 10.0. The Morgan fingerprint density at radius 1 is 1.29 bits per heavy atom. The molecule has 0 saturated carbocycles. The van der Waals surface area contributed by atoms with Crippen molar-refractivity contribution in [2.24, 2.45) is 0 Å². The van der Waals surface area contributed by atoms with Gasteiger partial charge >= 0.3 is 11.9 Å². The van der Waals surface area contributed by atoms with Crippen molar-refractivity contribution in [2.45, 2.75) is 44.9 Å². The van der Waals surface area contributed by atoms with Crippen LogP contribution in [0, 0.1) is 0 Å². The van der Waals surface area contributed by atoms with Crippen LogP contribution in [0.3, 0.4) is 0 Å². The summed E-state index contributed by atoms with van der Waals surface area (Å²) < 4.78 is 14.5. The Balaban J connectivity index is 2.57. The standard InChI is InChI=1S/C10H16O7/c1-5(11)15-4-8-10(14)7(16-6(2)12)3-9(13)17-8/h7-10,13-14H,3-4H2,1-2H3/t7-,8-,9?,10-/m1/s1. The molecule has 1 saturated heterocycles. The van der Waals surface area contributed by atoms with E-state index in [9.17, 15) is 19.8 Å². The molecule has 0 amide bonds. The van der Waals surface area contributed by atoms with Gasteiger partial charge in [0.1, 0.15) is 24.9 Å². The first-order chi connectivity index (χ1) is 7.90. The maximum Gasteiger partial charge on any atom is 0.302 e. The van der Waals surface area contributed by atoms with Gasteiger partial charge in [0.2, 0.25) is 0 Å². The fraction of sp³-hybridized carbons (Fsp3) is 0.800. The molecule has 0 bridgehead atoms. The molecule has 1 unspecified atom stereocenters. The third-order valence-corrected chi connectivity index (χ3v) is 2.30. The van der Waals surface area contributed by atoms with E-state index in [2.05, 4.69) is 4.74 Å². The first-order valence-electron chi connectivity index (χ1n) is 5.22. The summed E-state index contributed by atoms with van der Waals surface area (Å²) in [5.41, 5.74) is 0. The molecule has 1 heterocycles. The van der Waals surface area contributed by atoms with Crippen LogP contribution >= 0.6 is 0 Å². The van der Waals surface area contributed by atoms with Gasteiger partial charge in [-0.2, -0.15) is 0 Å². The summed E-state index contributed by atoms with van der Waals surface area (Å²) >= 11 is 0. The third kappa shape index (κ3) is 4.29. The summed E-state index contributed by atoms with van der Waals surface area (Å²) in [6.45, 7) is 2.22. The van der Waals surface area contributed by atoms with Crippen molar-refractivity contribution < 1.29 is 34.0 Å². The molecule has 2 N–H and O–H groups in total. The van der Waals surface area contributed by atoms with Gasteiger partial charge in [-0.15, -0.1) is 0 Å². The number of carbonyl (C=O) groups excluding carboxylic acids is 2. The lowest BCUT2D eigenvalue weighted by Crippen LogP contribution is -2.51. The second-order valence-corrected chi connectivity index (χ2v) is 3.81. The van der Waals surface area contributed by atoms with Crippen molar-refractivity contribution in [2.75, 3.05) is 6.61 Å². The van der Waals surface area contributed by atoms with Gasteiger partial charge in [-0.1, -0.05) is 0 Å². The minimum absolute atomic E-state index is 0.0165. The Bertz CT molecular complexity index is 290. The van der Waals surface area contributed by atoms with E-state index in [4.69, 9.17) is 9.47 Å². The maximum atomic E-state index is 10.8. The highest BCUT2D eigenvalue weighted by atomic mass is 16.6. The molecule has 7 nitrogen and oxygen atoms in total. The largest absolute Gasteiger partial charge is 0.463 e. The zero-order valence-electron chi connectivity index (χ0n) is 9.66. The van der Waals surface area contributed by atoms with Gasteiger partial charge in [0.05, 0.1) is 0 Å². The molecule has 98 valence electrons. The lowest BCUT2D eigenvalue weighted by Gasteiger charge is -2.36. The van der Waals surface area contributed by atoms with Crippen LogP contribution in [0.1, 0.15) is 20.3 Å². The molecular formula is C10H16O7. The molecule has 1 aliphatic rings. The first kappa shape index (κ1) is 13.9. The zero-order valence-corrected chi connectivity index (χ0v) is 9.66. The molecule has 1 fully saturated rings. The summed E-state index contributed by atoms with van der Waals surface area (Å²) in [5, 5.41) is 19.2. The molecule has 0 aromatic heterocycles. The average molecular weight is 248 g/mol. The predicted octanol–water partition coefficient (Wildman–Crippen LogP) is -1.05. The lowest BCUT2D eigenvalue weighted by molar-refractivity contribution is -0.247. The first-order valence-corrected chi connectivity index (χ1v) is 5.22. The normalized spacial score (nSPS) is 32.9. The Morgan fingerprint density at radius 2 is 1.94 bits per heavy atom. The second kappa shape index (κ2) is 5.95. The van der Waals surface area contributed by atoms with Crippen molar-refractivity contribution in [1.82, 2.24) is 0 Å². The molecular weight excluding hydrogens is 232 g/mol. The van der Waals surface area contributed by atoms with Crippen molar-refractivity contribution >= 4 is 11.9 Å². The molecule has 1 aliphatic heterocycles. The number of aliphatic hydroxyl groups is 2. The molecule has 0 radical (unpaired) electrons. The van der Waals surface area contributed by atoms with E-state index in [1.165, 1.54) is 13.8 Å². The molecule has 17 heavy (non-hydrogen) atoms. The highest BCUT2D eigenvalue weighted by Crippen LogP contribution is 2.22. The van der Waals surface area contributed by atoms with E-state index in [1.807, 2.05) is 0 Å². The van der Waals surface area contributed by atoms with Gasteiger partial charge in [-0.3, -0.25) is 9.59 Å². The van der Waals surface area contributed by atoms with E-state index in [1.54, 1.807) is 0 Å². The smallest absolute Gasteiger partial charge is 0.302 e. The number of esters is 2. The van der Waals surface area contributed by atoms with Crippen LogP contribution in [0.25, 0.3) is 0 Å². The number of rotatable bonds is 3. The Hall–Kier alpha value is -1.18. The van der Waals surface area contributed by atoms with Crippen LogP contribution in [-0.2, 0) is 23.8 Å². The molecule has 1 rings (SSSR count). The Kier molecular flexibility index (Phi) is 4.86. The zero-order chi connectivity index (χ0) is 13.0. The monoisotopic (exact) mass is 248 g/mol. The van der Waals surface area contributed by atoms with E-state index in [-0.39, 0.29) is 13.0 Å². The van der Waals surface area contributed by atoms with Crippen LogP contribution in [0.2, 0.25) is 0 Å². The van der Waals surface area contributed by atoms with Crippen LogP contribution in [0.4, 0.5) is 0 Å². The van der Waals surface area contributed by atoms with Crippen molar-refractivity contribution in [3.8, 4) is 0 Å². The molecule has 0 spiro atoms. The Labute approximate surface area is 98.3 Å². The summed E-state index contributed by atoms with van der Waals surface area (Å²) in [6.07, 6.45) is -4.09. The fourth-order valence-corrected chi connectivity index (χ4v) is 1.58. The van der Waals surface area contributed by atoms with Crippen LogP contribution < -0.4 is 0 Å². The van der Waals surface area contributed by atoms with Crippen molar-refractivity contribution in [1.29, 1.82) is 0 Å². The Morgan fingerprint density at radius 3 is 2.47 bits per heavy atom. The van der Waals surface area contributed by atoms with E-state index in [0.29, 0.717) is 0 Å². The quantitative estimate of drug-likeness (QED) is 0.614. The molecule has 0 aromatic rings. The maximum absolute atomic E-state index is 10.8. The minimum Gasteiger partial charge on any atom is -0.463 e. The third-order valence-electron chi connectivity index (χ3n) is 2.30. The van der Waals surface area contributed by atoms with Gasteiger partial charge < -0.3 is 24.4 Å². The number of hydrogen-bond acceptors (Lipinski definition) is 7. The van der Waals surface area contributed by atoms with Gasteiger partial charge in [-0.25, -0.2) is 0 Å². The average Bonchev–Trinajstić information content (AvgIpc) is 2.19. The summed E-state index contributed by atoms with van der Waals surface area (Å²) in [6, 6.07) is 0. The SMILES string of the molecule is CC(=O)OC[C@H]1OC(O)C[C@@H](OC(C)=O)[C@H]1O. The fourth-order valence-electron chi connectivity index (χ4n) is 1.58. The number of hydrogen-bond donors (Lipinski definition) is 2. The van der Waals surface area contributed by atoms with Crippen molar-refractivity contribution in [3.63, 3.8) is 0 Å². The second-order valence-electron chi connectivity index (χ2n) is 3.81. The summed E-state index contributed by atoms with van der Waals surface area (Å²) in [4.78, 5) is 21.4. The van der Waals surface area contributed by atoms with E-state index < -0.39 is 36.5 Å². The van der Waals surface area contributed by atoms with Gasteiger partial charge in [-0.05, 0) is 0 Å². The molecule has 7 heteroatoms. The van der Waals surface area contributed by atoms with Crippen LogP contribution in [-0.4, -0.2) is 53.4 Å². The van der Waals surface area contributed by atoms with E-state index >= 15 is 0 Å². The van der Waals surface area contributed by atoms with Crippen molar-refractivity contribution in [3.05, 3.63) is 0 Å².